The second-order valence-electron chi connectivity index (χ2n) is 9.27. The molecule has 0 bridgehead atoms. The molecule has 0 unspecified atom stereocenters. The number of hydrogen-bond donors (Lipinski definition) is 0. The molecule has 7 aromatic rings. The van der Waals surface area contributed by atoms with Crippen molar-refractivity contribution in [2.75, 3.05) is 0 Å². The van der Waals surface area contributed by atoms with Gasteiger partial charge in [0, 0.05) is 5.56 Å². The molecule has 1 heteroatoms. The molecule has 0 saturated heterocycles. The van der Waals surface area contributed by atoms with E-state index >= 15 is 0 Å². The summed E-state index contributed by atoms with van der Waals surface area (Å²) in [6, 6.07) is 44.9. The number of aldehydes is 1. The monoisotopic (exact) mass is 458 g/mol. The van der Waals surface area contributed by atoms with E-state index in [1.165, 1.54) is 54.6 Å². The Balaban J connectivity index is 1.72. The summed E-state index contributed by atoms with van der Waals surface area (Å²) in [6.45, 7) is 0. The van der Waals surface area contributed by atoms with Gasteiger partial charge in [0.25, 0.3) is 0 Å². The molecule has 36 heavy (non-hydrogen) atoms. The molecule has 168 valence electrons. The summed E-state index contributed by atoms with van der Waals surface area (Å²) in [5.41, 5.74) is 5.45. The highest BCUT2D eigenvalue weighted by Crippen LogP contribution is 2.46. The van der Waals surface area contributed by atoms with Gasteiger partial charge in [-0.2, -0.15) is 0 Å². The van der Waals surface area contributed by atoms with Crippen LogP contribution < -0.4 is 0 Å². The second kappa shape index (κ2) is 8.18. The third-order valence-electron chi connectivity index (χ3n) is 7.30. The lowest BCUT2D eigenvalue weighted by Crippen LogP contribution is -1.93. The van der Waals surface area contributed by atoms with Crippen molar-refractivity contribution in [3.63, 3.8) is 0 Å². The smallest absolute Gasteiger partial charge is 0.150 e. The molecular formula is C35H22O. The highest BCUT2D eigenvalue weighted by molar-refractivity contribution is 6.25. The fraction of sp³-hybridized carbons (Fsp3) is 0. The van der Waals surface area contributed by atoms with Crippen molar-refractivity contribution in [3.8, 4) is 22.3 Å². The van der Waals surface area contributed by atoms with E-state index in [1.54, 1.807) is 0 Å². The average molecular weight is 459 g/mol. The number of carbonyl (C=O) groups excluding carboxylic acids is 1. The fourth-order valence-corrected chi connectivity index (χ4v) is 5.74. The molecule has 0 spiro atoms. The van der Waals surface area contributed by atoms with Crippen molar-refractivity contribution in [1.82, 2.24) is 0 Å². The molecule has 0 aliphatic rings. The normalized spacial score (nSPS) is 11.4. The lowest BCUT2D eigenvalue weighted by Gasteiger charge is -2.20. The molecule has 0 saturated carbocycles. The lowest BCUT2D eigenvalue weighted by atomic mass is 9.83. The molecule has 0 atom stereocenters. The van der Waals surface area contributed by atoms with Crippen LogP contribution in [0.3, 0.4) is 0 Å². The SMILES string of the molecule is O=Cc1ccc2c(-c3cccc4ccccc34)c3ccccc3c(-c3cccc4ccccc34)c2c1. The van der Waals surface area contributed by atoms with Crippen LogP contribution in [0, 0.1) is 0 Å². The van der Waals surface area contributed by atoms with Crippen molar-refractivity contribution in [2.24, 2.45) is 0 Å². The van der Waals surface area contributed by atoms with Gasteiger partial charge in [-0.25, -0.2) is 0 Å². The number of rotatable bonds is 3. The van der Waals surface area contributed by atoms with Crippen LogP contribution in [0.15, 0.2) is 127 Å². The Morgan fingerprint density at radius 1 is 0.389 bits per heavy atom. The van der Waals surface area contributed by atoms with E-state index in [0.717, 1.165) is 17.1 Å². The topological polar surface area (TPSA) is 17.1 Å². The van der Waals surface area contributed by atoms with E-state index < -0.39 is 0 Å². The van der Waals surface area contributed by atoms with E-state index in [1.807, 2.05) is 6.07 Å². The van der Waals surface area contributed by atoms with Gasteiger partial charge in [-0.3, -0.25) is 4.79 Å². The van der Waals surface area contributed by atoms with E-state index in [-0.39, 0.29) is 0 Å². The minimum absolute atomic E-state index is 0.683. The Bertz CT molecular complexity index is 1950. The molecule has 0 aliphatic heterocycles. The standard InChI is InChI=1S/C35H22O/c36-22-23-19-20-32-33(21-23)35(29-18-8-12-25-10-2-4-14-27(25)29)31-16-6-5-15-30(31)34(32)28-17-7-11-24-9-1-3-13-26(24)28/h1-22H. The van der Waals surface area contributed by atoms with Crippen LogP contribution in [0.25, 0.3) is 65.3 Å². The summed E-state index contributed by atoms with van der Waals surface area (Å²) in [5, 5.41) is 9.50. The molecule has 0 aromatic heterocycles. The minimum Gasteiger partial charge on any atom is -0.298 e. The highest BCUT2D eigenvalue weighted by Gasteiger charge is 2.19. The molecular weight excluding hydrogens is 436 g/mol. The van der Waals surface area contributed by atoms with Gasteiger partial charge in [0.2, 0.25) is 0 Å². The second-order valence-corrected chi connectivity index (χ2v) is 9.27. The van der Waals surface area contributed by atoms with Crippen molar-refractivity contribution >= 4 is 49.4 Å². The van der Waals surface area contributed by atoms with Crippen molar-refractivity contribution in [2.45, 2.75) is 0 Å². The first-order chi connectivity index (χ1) is 17.8. The summed E-state index contributed by atoms with van der Waals surface area (Å²) in [5.74, 6) is 0. The lowest BCUT2D eigenvalue weighted by molar-refractivity contribution is 0.112. The van der Waals surface area contributed by atoms with E-state index in [4.69, 9.17) is 0 Å². The Hall–Kier alpha value is -4.75. The predicted octanol–water partition coefficient (Wildman–Crippen LogP) is 9.45. The Morgan fingerprint density at radius 2 is 0.833 bits per heavy atom. The summed E-state index contributed by atoms with van der Waals surface area (Å²) in [7, 11) is 0. The Labute approximate surface area is 209 Å². The summed E-state index contributed by atoms with van der Waals surface area (Å²) < 4.78 is 0. The van der Waals surface area contributed by atoms with E-state index in [2.05, 4.69) is 121 Å². The van der Waals surface area contributed by atoms with Crippen LogP contribution in [0.1, 0.15) is 10.4 Å². The van der Waals surface area contributed by atoms with Gasteiger partial charge in [-0.05, 0) is 71.4 Å². The van der Waals surface area contributed by atoms with Gasteiger partial charge in [-0.15, -0.1) is 0 Å². The predicted molar refractivity (Wildman–Crippen MR) is 153 cm³/mol. The molecule has 0 N–H and O–H groups in total. The van der Waals surface area contributed by atoms with E-state index in [0.29, 0.717) is 5.56 Å². The molecule has 0 fully saturated rings. The van der Waals surface area contributed by atoms with Crippen LogP contribution in [0.5, 0.6) is 0 Å². The van der Waals surface area contributed by atoms with Gasteiger partial charge in [-0.1, -0.05) is 121 Å². The van der Waals surface area contributed by atoms with Gasteiger partial charge < -0.3 is 0 Å². The van der Waals surface area contributed by atoms with Crippen LogP contribution >= 0.6 is 0 Å². The summed E-state index contributed by atoms with van der Waals surface area (Å²) in [6.07, 6.45) is 0.944. The van der Waals surface area contributed by atoms with Crippen LogP contribution in [-0.2, 0) is 0 Å². The zero-order valence-corrected chi connectivity index (χ0v) is 19.6. The Kier molecular flexibility index (Phi) is 4.68. The van der Waals surface area contributed by atoms with Crippen LogP contribution in [0.4, 0.5) is 0 Å². The molecule has 0 aliphatic carbocycles. The van der Waals surface area contributed by atoms with Crippen LogP contribution in [0.2, 0.25) is 0 Å². The number of hydrogen-bond acceptors (Lipinski definition) is 1. The van der Waals surface area contributed by atoms with Gasteiger partial charge in [0.15, 0.2) is 0 Å². The first kappa shape index (κ1) is 20.6. The molecule has 0 radical (unpaired) electrons. The molecule has 7 rings (SSSR count). The zero-order valence-electron chi connectivity index (χ0n) is 19.6. The van der Waals surface area contributed by atoms with Gasteiger partial charge in [0.05, 0.1) is 0 Å². The molecule has 1 nitrogen and oxygen atoms in total. The maximum absolute atomic E-state index is 11.9. The molecule has 0 heterocycles. The van der Waals surface area contributed by atoms with Crippen molar-refractivity contribution in [3.05, 3.63) is 133 Å². The summed E-state index contributed by atoms with van der Waals surface area (Å²) >= 11 is 0. The maximum Gasteiger partial charge on any atom is 0.150 e. The Morgan fingerprint density at radius 3 is 1.39 bits per heavy atom. The van der Waals surface area contributed by atoms with Crippen LogP contribution in [-0.4, -0.2) is 6.29 Å². The van der Waals surface area contributed by atoms with E-state index in [9.17, 15) is 4.79 Å². The van der Waals surface area contributed by atoms with Gasteiger partial charge in [0.1, 0.15) is 6.29 Å². The van der Waals surface area contributed by atoms with Crippen molar-refractivity contribution in [1.29, 1.82) is 0 Å². The number of carbonyl (C=O) groups is 1. The number of fused-ring (bicyclic) bond motifs is 4. The quantitative estimate of drug-likeness (QED) is 0.190. The maximum atomic E-state index is 11.9. The number of benzene rings is 7. The van der Waals surface area contributed by atoms with Crippen molar-refractivity contribution < 1.29 is 4.79 Å². The molecule has 0 amide bonds. The zero-order chi connectivity index (χ0) is 24.1. The first-order valence-corrected chi connectivity index (χ1v) is 12.2. The first-order valence-electron chi connectivity index (χ1n) is 12.2. The largest absolute Gasteiger partial charge is 0.298 e. The third kappa shape index (κ3) is 3.07. The highest BCUT2D eigenvalue weighted by atomic mass is 16.1. The summed E-state index contributed by atoms with van der Waals surface area (Å²) in [4.78, 5) is 11.9. The third-order valence-corrected chi connectivity index (χ3v) is 7.30. The fourth-order valence-electron chi connectivity index (χ4n) is 5.74. The average Bonchev–Trinajstić information content (AvgIpc) is 2.95. The molecule has 7 aromatic carbocycles. The van der Waals surface area contributed by atoms with Gasteiger partial charge >= 0.3 is 0 Å². The minimum atomic E-state index is 0.683.